The van der Waals surface area contributed by atoms with Crippen LogP contribution in [0.2, 0.25) is 10.0 Å². The minimum absolute atomic E-state index is 0.000706. The van der Waals surface area contributed by atoms with Crippen LogP contribution in [0.25, 0.3) is 11.3 Å². The van der Waals surface area contributed by atoms with Crippen molar-refractivity contribution in [3.05, 3.63) is 70.3 Å². The molecule has 0 saturated heterocycles. The molecule has 3 rings (SSSR count). The molecule has 1 heterocycles. The first kappa shape index (κ1) is 34.4. The van der Waals surface area contributed by atoms with E-state index in [9.17, 15) is 14.4 Å². The number of aromatic nitrogens is 1. The van der Waals surface area contributed by atoms with E-state index >= 15 is 0 Å². The summed E-state index contributed by atoms with van der Waals surface area (Å²) in [7, 11) is 0. The number of carboxylic acids is 1. The third-order valence-electron chi connectivity index (χ3n) is 6.05. The fourth-order valence-corrected chi connectivity index (χ4v) is 4.17. The van der Waals surface area contributed by atoms with Crippen LogP contribution in [0.4, 0.5) is 5.69 Å². The Balaban J connectivity index is 0.000000553. The van der Waals surface area contributed by atoms with Crippen LogP contribution in [-0.2, 0) is 14.4 Å². The normalized spacial score (nSPS) is 12.3. The third-order valence-corrected chi connectivity index (χ3v) is 7.24. The number of nitrogens with two attached hydrogens (primary N) is 1. The van der Waals surface area contributed by atoms with Crippen molar-refractivity contribution in [2.45, 2.75) is 50.5 Å². The van der Waals surface area contributed by atoms with E-state index in [0.29, 0.717) is 17.0 Å². The van der Waals surface area contributed by atoms with E-state index in [1.807, 2.05) is 39.0 Å². The van der Waals surface area contributed by atoms with Gasteiger partial charge in [0.15, 0.2) is 10.6 Å². The Hall–Kier alpha value is -2.82. The van der Waals surface area contributed by atoms with E-state index in [-0.39, 0.29) is 25.3 Å². The average Bonchev–Trinajstić information content (AvgIpc) is 3.47. The summed E-state index contributed by atoms with van der Waals surface area (Å²) in [6.07, 6.45) is 1.29. The quantitative estimate of drug-likeness (QED) is 0.214. The number of carbonyl (C=O) groups excluding carboxylic acids is 2. The molecule has 3 aromatic rings. The highest BCUT2D eigenvalue weighted by Crippen LogP contribution is 2.27. The number of hydrogen-bond acceptors (Lipinski definition) is 6. The zero-order valence-electron chi connectivity index (χ0n) is 22.7. The van der Waals surface area contributed by atoms with E-state index in [1.54, 1.807) is 30.3 Å². The minimum atomic E-state index is -1.31. The molecule has 222 valence electrons. The monoisotopic (exact) mass is 644 g/mol. The standard InChI is InChI=1S/C21H26Cl2N4O5.C7H6Cl2/c1-12(2)16(26-20(30)15(24)6-7-18(28)29)11-27(21(31)19(22)23)14-5-3-4-13(10-14)17-8-9-25-32-17;1-5-6(8)3-2-4-7(5)9/h3-5,8-10,12,15-16,19H,6-7,11,24H2,1-2H3,(H,26,30)(H,28,29);2-4H,1H3. The SMILES string of the molecule is CC(C)C(CN(C(=O)C(Cl)Cl)c1cccc(-c2ccno2)c1)NC(=O)C(N)CCC(=O)O.Cc1c(Cl)cccc1Cl. The molecule has 2 unspecified atom stereocenters. The highest BCUT2D eigenvalue weighted by molar-refractivity contribution is 6.54. The molecule has 0 fully saturated rings. The molecule has 41 heavy (non-hydrogen) atoms. The van der Waals surface area contributed by atoms with Crippen molar-refractivity contribution in [1.82, 2.24) is 10.5 Å². The number of benzene rings is 2. The van der Waals surface area contributed by atoms with Crippen LogP contribution >= 0.6 is 46.4 Å². The topological polar surface area (TPSA) is 139 Å². The number of carboxylic acid groups (broad SMARTS) is 1. The number of carbonyl (C=O) groups is 3. The van der Waals surface area contributed by atoms with Gasteiger partial charge >= 0.3 is 5.97 Å². The van der Waals surface area contributed by atoms with Gasteiger partial charge in [-0.3, -0.25) is 14.4 Å². The molecule has 13 heteroatoms. The van der Waals surface area contributed by atoms with Crippen LogP contribution < -0.4 is 16.0 Å². The van der Waals surface area contributed by atoms with Crippen LogP contribution in [0.15, 0.2) is 59.3 Å². The number of nitrogens with one attached hydrogen (secondary N) is 1. The molecule has 0 radical (unpaired) electrons. The van der Waals surface area contributed by atoms with Crippen molar-refractivity contribution in [1.29, 1.82) is 0 Å². The molecule has 0 saturated carbocycles. The summed E-state index contributed by atoms with van der Waals surface area (Å²) in [4.78, 5) is 36.1. The largest absolute Gasteiger partial charge is 0.481 e. The first-order valence-electron chi connectivity index (χ1n) is 12.6. The molecule has 2 aromatic carbocycles. The molecular weight excluding hydrogens is 614 g/mol. The molecule has 0 aliphatic heterocycles. The predicted octanol–water partition coefficient (Wildman–Crippen LogP) is 6.11. The average molecular weight is 646 g/mol. The van der Waals surface area contributed by atoms with E-state index in [2.05, 4.69) is 10.5 Å². The second kappa shape index (κ2) is 16.6. The zero-order chi connectivity index (χ0) is 30.7. The van der Waals surface area contributed by atoms with Crippen LogP contribution in [0.5, 0.6) is 0 Å². The number of alkyl halides is 2. The molecule has 9 nitrogen and oxygen atoms in total. The van der Waals surface area contributed by atoms with Crippen molar-refractivity contribution < 1.29 is 24.0 Å². The predicted molar refractivity (Wildman–Crippen MR) is 163 cm³/mol. The number of amides is 2. The Bertz CT molecular complexity index is 1280. The smallest absolute Gasteiger partial charge is 0.303 e. The van der Waals surface area contributed by atoms with Gasteiger partial charge in [-0.15, -0.1) is 0 Å². The maximum Gasteiger partial charge on any atom is 0.303 e. The van der Waals surface area contributed by atoms with Crippen molar-refractivity contribution in [3.8, 4) is 11.3 Å². The first-order chi connectivity index (χ1) is 19.3. The Morgan fingerprint density at radius 1 is 1.07 bits per heavy atom. The van der Waals surface area contributed by atoms with Crippen molar-refractivity contribution in [3.63, 3.8) is 0 Å². The van der Waals surface area contributed by atoms with Gasteiger partial charge in [-0.05, 0) is 49.1 Å². The molecule has 4 N–H and O–H groups in total. The summed E-state index contributed by atoms with van der Waals surface area (Å²) in [6.45, 7) is 5.72. The molecular formula is C28H32Cl4N4O5. The molecule has 0 bridgehead atoms. The van der Waals surface area contributed by atoms with E-state index in [4.69, 9.17) is 61.8 Å². The highest BCUT2D eigenvalue weighted by atomic mass is 35.5. The summed E-state index contributed by atoms with van der Waals surface area (Å²) in [5.74, 6) is -1.65. The fourth-order valence-electron chi connectivity index (χ4n) is 3.53. The maximum atomic E-state index is 12.8. The lowest BCUT2D eigenvalue weighted by Crippen LogP contribution is -2.53. The summed E-state index contributed by atoms with van der Waals surface area (Å²) in [6, 6.07) is 12.7. The van der Waals surface area contributed by atoms with Gasteiger partial charge in [-0.1, -0.05) is 83.6 Å². The second-order valence-electron chi connectivity index (χ2n) is 9.42. The number of hydrogen-bond donors (Lipinski definition) is 3. The van der Waals surface area contributed by atoms with Gasteiger partial charge in [0.05, 0.1) is 12.2 Å². The van der Waals surface area contributed by atoms with Crippen LogP contribution in [-0.4, -0.2) is 51.5 Å². The lowest BCUT2D eigenvalue weighted by molar-refractivity contribution is -0.137. The minimum Gasteiger partial charge on any atom is -0.481 e. The molecule has 0 spiro atoms. The Kier molecular flexibility index (Phi) is 13.9. The van der Waals surface area contributed by atoms with Crippen LogP contribution in [0.1, 0.15) is 32.3 Å². The zero-order valence-corrected chi connectivity index (χ0v) is 25.7. The summed E-state index contributed by atoms with van der Waals surface area (Å²) < 4.78 is 5.18. The summed E-state index contributed by atoms with van der Waals surface area (Å²) in [5.41, 5.74) is 7.97. The molecule has 2 atom stereocenters. The highest BCUT2D eigenvalue weighted by Gasteiger charge is 2.29. The van der Waals surface area contributed by atoms with E-state index < -0.39 is 34.7 Å². The number of nitrogens with zero attached hydrogens (tertiary/aromatic N) is 2. The van der Waals surface area contributed by atoms with Crippen LogP contribution in [0, 0.1) is 12.8 Å². The molecule has 0 aliphatic rings. The van der Waals surface area contributed by atoms with Gasteiger partial charge in [0.1, 0.15) is 0 Å². The lowest BCUT2D eigenvalue weighted by Gasteiger charge is -2.31. The van der Waals surface area contributed by atoms with Gasteiger partial charge in [-0.2, -0.15) is 0 Å². The van der Waals surface area contributed by atoms with Gasteiger partial charge in [0, 0.05) is 46.4 Å². The van der Waals surface area contributed by atoms with Crippen molar-refractivity contribution >= 4 is 69.9 Å². The van der Waals surface area contributed by atoms with Crippen molar-refractivity contribution in [2.75, 3.05) is 11.4 Å². The van der Waals surface area contributed by atoms with Gasteiger partial charge in [-0.25, -0.2) is 0 Å². The fraction of sp³-hybridized carbons (Fsp3) is 0.357. The van der Waals surface area contributed by atoms with Crippen LogP contribution in [0.3, 0.4) is 0 Å². The summed E-state index contributed by atoms with van der Waals surface area (Å²) in [5, 5.41) is 16.7. The first-order valence-corrected chi connectivity index (χ1v) is 14.2. The molecule has 1 aromatic heterocycles. The van der Waals surface area contributed by atoms with Gasteiger partial charge < -0.3 is 25.6 Å². The number of rotatable bonds is 11. The van der Waals surface area contributed by atoms with Gasteiger partial charge in [0.2, 0.25) is 5.91 Å². The van der Waals surface area contributed by atoms with E-state index in [1.165, 1.54) is 11.1 Å². The number of halogens is 4. The van der Waals surface area contributed by atoms with Gasteiger partial charge in [0.25, 0.3) is 5.91 Å². The Labute approximate surface area is 258 Å². The lowest BCUT2D eigenvalue weighted by atomic mass is 10.0. The maximum absolute atomic E-state index is 12.8. The van der Waals surface area contributed by atoms with Crippen molar-refractivity contribution in [2.24, 2.45) is 11.7 Å². The molecule has 0 aliphatic carbocycles. The Morgan fingerprint density at radius 2 is 1.71 bits per heavy atom. The Morgan fingerprint density at radius 3 is 2.22 bits per heavy atom. The molecule has 2 amide bonds. The second-order valence-corrected chi connectivity index (χ2v) is 11.3. The third kappa shape index (κ3) is 10.8. The number of aliphatic carboxylic acids is 1. The number of anilines is 1. The van der Waals surface area contributed by atoms with E-state index in [0.717, 1.165) is 15.6 Å². The summed E-state index contributed by atoms with van der Waals surface area (Å²) >= 11 is 23.2.